The molecule has 122 valence electrons. The molecule has 0 spiro atoms. The van der Waals surface area contributed by atoms with Crippen molar-refractivity contribution in [2.24, 2.45) is 4.99 Å². The lowest BCUT2D eigenvalue weighted by molar-refractivity contribution is -0.115. The number of aliphatic imine (C=N–C) groups is 1. The minimum absolute atomic E-state index is 0.169. The molecular formula is C18H15ClN2O2S. The first kappa shape index (κ1) is 16.6. The van der Waals surface area contributed by atoms with Crippen LogP contribution in [0.1, 0.15) is 11.1 Å². The van der Waals surface area contributed by atoms with Gasteiger partial charge in [0.1, 0.15) is 5.75 Å². The molecule has 0 atom stereocenters. The van der Waals surface area contributed by atoms with Gasteiger partial charge in [-0.1, -0.05) is 35.4 Å². The molecule has 1 saturated heterocycles. The predicted octanol–water partition coefficient (Wildman–Crippen LogP) is 4.55. The van der Waals surface area contributed by atoms with Gasteiger partial charge in [0.05, 0.1) is 22.7 Å². The number of nitrogens with one attached hydrogen (secondary N) is 1. The third-order valence-corrected chi connectivity index (χ3v) is 4.59. The van der Waals surface area contributed by atoms with E-state index in [-0.39, 0.29) is 5.91 Å². The number of benzene rings is 2. The molecule has 0 aromatic heterocycles. The Morgan fingerprint density at radius 1 is 1.21 bits per heavy atom. The molecule has 0 aliphatic carbocycles. The van der Waals surface area contributed by atoms with Gasteiger partial charge in [0, 0.05) is 0 Å². The Morgan fingerprint density at radius 3 is 2.62 bits per heavy atom. The highest BCUT2D eigenvalue weighted by Gasteiger charge is 2.23. The van der Waals surface area contributed by atoms with Crippen molar-refractivity contribution in [2.45, 2.75) is 6.92 Å². The lowest BCUT2D eigenvalue weighted by Gasteiger charge is -2.03. The maximum Gasteiger partial charge on any atom is 0.264 e. The number of hydrogen-bond acceptors (Lipinski definition) is 4. The number of carbonyl (C=O) groups is 1. The number of amides is 1. The minimum atomic E-state index is -0.169. The molecule has 1 N–H and O–H groups in total. The first-order valence-corrected chi connectivity index (χ1v) is 8.44. The number of rotatable bonds is 3. The number of thioether (sulfide) groups is 1. The summed E-state index contributed by atoms with van der Waals surface area (Å²) in [7, 11) is 1.56. The number of hydrogen-bond donors (Lipinski definition) is 1. The quantitative estimate of drug-likeness (QED) is 0.819. The van der Waals surface area contributed by atoms with Crippen molar-refractivity contribution in [3.8, 4) is 5.75 Å². The summed E-state index contributed by atoms with van der Waals surface area (Å²) < 4.78 is 5.13. The first-order valence-electron chi connectivity index (χ1n) is 7.25. The first-order chi connectivity index (χ1) is 11.5. The van der Waals surface area contributed by atoms with E-state index in [2.05, 4.69) is 10.3 Å². The SMILES string of the molecule is COc1ccc(/C=C2/SC(=Nc3ccc(C)cc3)NC2=O)cc1Cl. The zero-order chi connectivity index (χ0) is 17.1. The summed E-state index contributed by atoms with van der Waals surface area (Å²) in [5.74, 6) is 0.432. The smallest absolute Gasteiger partial charge is 0.264 e. The number of ether oxygens (including phenoxy) is 1. The molecule has 1 aliphatic heterocycles. The van der Waals surface area contributed by atoms with Crippen molar-refractivity contribution in [2.75, 3.05) is 7.11 Å². The highest BCUT2D eigenvalue weighted by atomic mass is 35.5. The zero-order valence-corrected chi connectivity index (χ0v) is 14.7. The van der Waals surface area contributed by atoms with Crippen LogP contribution in [0, 0.1) is 6.92 Å². The van der Waals surface area contributed by atoms with Crippen LogP contribution < -0.4 is 10.1 Å². The lowest BCUT2D eigenvalue weighted by Crippen LogP contribution is -2.19. The molecule has 2 aromatic carbocycles. The van der Waals surface area contributed by atoms with Gasteiger partial charge < -0.3 is 10.1 Å². The van der Waals surface area contributed by atoms with Crippen molar-refractivity contribution < 1.29 is 9.53 Å². The van der Waals surface area contributed by atoms with Crippen molar-refractivity contribution in [3.05, 3.63) is 63.5 Å². The fourth-order valence-corrected chi connectivity index (χ4v) is 3.25. The standard InChI is InChI=1S/C18H15ClN2O2S/c1-11-3-6-13(7-4-11)20-18-21-17(22)16(24-18)10-12-5-8-15(23-2)14(19)9-12/h3-10H,1-2H3,(H,20,21,22)/b16-10+. The van der Waals surface area contributed by atoms with Crippen molar-refractivity contribution >= 4 is 46.2 Å². The van der Waals surface area contributed by atoms with Crippen LogP contribution in [-0.4, -0.2) is 18.2 Å². The van der Waals surface area contributed by atoms with Crippen LogP contribution in [0.3, 0.4) is 0 Å². The molecule has 6 heteroatoms. The van der Waals surface area contributed by atoms with Crippen LogP contribution in [0.5, 0.6) is 5.75 Å². The number of halogens is 1. The van der Waals surface area contributed by atoms with Crippen molar-refractivity contribution in [1.82, 2.24) is 5.32 Å². The fraction of sp³-hybridized carbons (Fsp3) is 0.111. The number of amidine groups is 1. The summed E-state index contributed by atoms with van der Waals surface area (Å²) in [4.78, 5) is 17.1. The number of nitrogens with zero attached hydrogens (tertiary/aromatic N) is 1. The van der Waals surface area contributed by atoms with Gasteiger partial charge in [0.15, 0.2) is 5.17 Å². The second kappa shape index (κ2) is 7.11. The van der Waals surface area contributed by atoms with E-state index in [1.165, 1.54) is 17.3 Å². The van der Waals surface area contributed by atoms with E-state index < -0.39 is 0 Å². The van der Waals surface area contributed by atoms with Crippen LogP contribution in [0.2, 0.25) is 5.02 Å². The molecule has 0 saturated carbocycles. The zero-order valence-electron chi connectivity index (χ0n) is 13.2. The van der Waals surface area contributed by atoms with Gasteiger partial charge in [-0.05, 0) is 54.6 Å². The molecule has 0 radical (unpaired) electrons. The van der Waals surface area contributed by atoms with Gasteiger partial charge >= 0.3 is 0 Å². The van der Waals surface area contributed by atoms with Gasteiger partial charge in [-0.3, -0.25) is 4.79 Å². The van der Waals surface area contributed by atoms with E-state index in [9.17, 15) is 4.79 Å². The van der Waals surface area contributed by atoms with Gasteiger partial charge in [0.25, 0.3) is 5.91 Å². The third-order valence-electron chi connectivity index (χ3n) is 3.39. The van der Waals surface area contributed by atoms with Gasteiger partial charge in [-0.2, -0.15) is 0 Å². The Morgan fingerprint density at radius 2 is 1.96 bits per heavy atom. The van der Waals surface area contributed by atoms with Gasteiger partial charge in [-0.15, -0.1) is 0 Å². The summed E-state index contributed by atoms with van der Waals surface area (Å²) in [6.45, 7) is 2.02. The van der Waals surface area contributed by atoms with Crippen LogP contribution in [0.4, 0.5) is 5.69 Å². The summed E-state index contributed by atoms with van der Waals surface area (Å²) >= 11 is 7.42. The molecule has 0 bridgehead atoms. The maximum absolute atomic E-state index is 12.1. The molecule has 24 heavy (non-hydrogen) atoms. The second-order valence-electron chi connectivity index (χ2n) is 5.21. The average molecular weight is 359 g/mol. The minimum Gasteiger partial charge on any atom is -0.495 e. The molecule has 3 rings (SSSR count). The van der Waals surface area contributed by atoms with E-state index in [4.69, 9.17) is 16.3 Å². The largest absolute Gasteiger partial charge is 0.495 e. The highest BCUT2D eigenvalue weighted by molar-refractivity contribution is 8.18. The van der Waals surface area contributed by atoms with Crippen LogP contribution in [0.25, 0.3) is 6.08 Å². The lowest BCUT2D eigenvalue weighted by atomic mass is 10.2. The van der Waals surface area contributed by atoms with Crippen LogP contribution in [-0.2, 0) is 4.79 Å². The topological polar surface area (TPSA) is 50.7 Å². The molecule has 1 heterocycles. The third kappa shape index (κ3) is 3.80. The summed E-state index contributed by atoms with van der Waals surface area (Å²) in [5.41, 5.74) is 2.80. The van der Waals surface area contributed by atoms with Crippen molar-refractivity contribution in [3.63, 3.8) is 0 Å². The van der Waals surface area contributed by atoms with Crippen LogP contribution >= 0.6 is 23.4 Å². The Hall–Kier alpha value is -2.24. The number of carbonyl (C=O) groups excluding carboxylic acids is 1. The molecule has 4 nitrogen and oxygen atoms in total. The Bertz CT molecular complexity index is 845. The predicted molar refractivity (Wildman–Crippen MR) is 100.0 cm³/mol. The van der Waals surface area contributed by atoms with E-state index >= 15 is 0 Å². The molecule has 1 amide bonds. The normalized spacial score (nSPS) is 17.4. The Labute approximate surface area is 149 Å². The van der Waals surface area contributed by atoms with Gasteiger partial charge in [-0.25, -0.2) is 4.99 Å². The number of methoxy groups -OCH3 is 1. The molecule has 1 fully saturated rings. The summed E-state index contributed by atoms with van der Waals surface area (Å²) in [6, 6.07) is 13.2. The average Bonchev–Trinajstić information content (AvgIpc) is 2.89. The summed E-state index contributed by atoms with van der Waals surface area (Å²) in [6.07, 6.45) is 1.78. The van der Waals surface area contributed by atoms with E-state index in [0.717, 1.165) is 11.3 Å². The van der Waals surface area contributed by atoms with Gasteiger partial charge in [0.2, 0.25) is 0 Å². The van der Waals surface area contributed by atoms with Crippen molar-refractivity contribution in [1.29, 1.82) is 0 Å². The number of aryl methyl sites for hydroxylation is 1. The van der Waals surface area contributed by atoms with E-state index in [1.807, 2.05) is 37.3 Å². The fourth-order valence-electron chi connectivity index (χ4n) is 2.14. The Balaban J connectivity index is 1.81. The van der Waals surface area contributed by atoms with E-state index in [0.29, 0.717) is 20.8 Å². The molecule has 1 aliphatic rings. The molecule has 0 unspecified atom stereocenters. The highest BCUT2D eigenvalue weighted by Crippen LogP contribution is 2.30. The maximum atomic E-state index is 12.1. The Kier molecular flexibility index (Phi) is 4.92. The van der Waals surface area contributed by atoms with Crippen LogP contribution in [0.15, 0.2) is 52.4 Å². The summed E-state index contributed by atoms with van der Waals surface area (Å²) in [5, 5.41) is 3.84. The second-order valence-corrected chi connectivity index (χ2v) is 6.65. The monoisotopic (exact) mass is 358 g/mol. The van der Waals surface area contributed by atoms with E-state index in [1.54, 1.807) is 25.3 Å². The molecule has 2 aromatic rings. The molecular weight excluding hydrogens is 344 g/mol.